The molecule has 1 amide bonds. The van der Waals surface area contributed by atoms with E-state index in [1.165, 1.54) is 12.8 Å². The van der Waals surface area contributed by atoms with Crippen molar-refractivity contribution in [2.45, 2.75) is 31.8 Å². The minimum absolute atomic E-state index is 0.150. The van der Waals surface area contributed by atoms with E-state index in [0.717, 1.165) is 44.1 Å². The van der Waals surface area contributed by atoms with Gasteiger partial charge in [-0.15, -0.1) is 0 Å². The molecule has 0 atom stereocenters. The summed E-state index contributed by atoms with van der Waals surface area (Å²) < 4.78 is 5.97. The topological polar surface area (TPSA) is 41.6 Å². The number of para-hydroxylation sites is 1. The largest absolute Gasteiger partial charge is 0.489 e. The summed E-state index contributed by atoms with van der Waals surface area (Å²) >= 11 is 6.12. The lowest BCUT2D eigenvalue weighted by atomic mass is 10.1. The van der Waals surface area contributed by atoms with E-state index in [9.17, 15) is 4.79 Å². The Kier molecular flexibility index (Phi) is 5.21. The molecule has 1 saturated carbocycles. The van der Waals surface area contributed by atoms with Crippen molar-refractivity contribution in [3.05, 3.63) is 29.3 Å². The van der Waals surface area contributed by atoms with Crippen molar-refractivity contribution in [2.24, 2.45) is 5.92 Å². The van der Waals surface area contributed by atoms with E-state index in [2.05, 4.69) is 10.2 Å². The third-order valence-electron chi connectivity index (χ3n) is 4.32. The minimum Gasteiger partial charge on any atom is -0.489 e. The second-order valence-electron chi connectivity index (χ2n) is 6.27. The van der Waals surface area contributed by atoms with Crippen LogP contribution in [0.2, 0.25) is 5.02 Å². The van der Waals surface area contributed by atoms with E-state index in [-0.39, 0.29) is 12.0 Å². The van der Waals surface area contributed by atoms with Gasteiger partial charge in [-0.1, -0.05) is 23.7 Å². The van der Waals surface area contributed by atoms with Crippen LogP contribution in [0.5, 0.6) is 5.75 Å². The van der Waals surface area contributed by atoms with E-state index in [1.807, 2.05) is 24.3 Å². The molecule has 1 aliphatic heterocycles. The Bertz CT molecular complexity index is 511. The summed E-state index contributed by atoms with van der Waals surface area (Å²) in [7, 11) is 0. The van der Waals surface area contributed by atoms with E-state index < -0.39 is 0 Å². The number of hydrogen-bond acceptors (Lipinski definition) is 3. The second kappa shape index (κ2) is 7.34. The highest BCUT2D eigenvalue weighted by Crippen LogP contribution is 2.28. The van der Waals surface area contributed by atoms with Crippen molar-refractivity contribution < 1.29 is 9.53 Å². The lowest BCUT2D eigenvalue weighted by Crippen LogP contribution is -2.44. The van der Waals surface area contributed by atoms with Crippen LogP contribution in [0, 0.1) is 5.92 Å². The van der Waals surface area contributed by atoms with Gasteiger partial charge in [-0.25, -0.2) is 0 Å². The van der Waals surface area contributed by atoms with Crippen molar-refractivity contribution in [3.63, 3.8) is 0 Å². The zero-order valence-electron chi connectivity index (χ0n) is 12.8. The first-order chi connectivity index (χ1) is 10.7. The van der Waals surface area contributed by atoms with Crippen LogP contribution in [0.1, 0.15) is 25.7 Å². The van der Waals surface area contributed by atoms with Gasteiger partial charge in [-0.2, -0.15) is 0 Å². The van der Waals surface area contributed by atoms with Gasteiger partial charge in [-0.3, -0.25) is 9.69 Å². The predicted molar refractivity (Wildman–Crippen MR) is 87.3 cm³/mol. The predicted octanol–water partition coefficient (Wildman–Crippen LogP) is 2.71. The summed E-state index contributed by atoms with van der Waals surface area (Å²) in [6.07, 6.45) is 4.59. The number of rotatable bonds is 6. The fraction of sp³-hybridized carbons (Fsp3) is 0.588. The number of likely N-dealkylation sites (tertiary alicyclic amines) is 1. The Morgan fingerprint density at radius 1 is 1.23 bits per heavy atom. The molecule has 0 unspecified atom stereocenters. The van der Waals surface area contributed by atoms with Crippen molar-refractivity contribution in [1.29, 1.82) is 0 Å². The maximum absolute atomic E-state index is 11.9. The van der Waals surface area contributed by atoms with E-state index in [0.29, 0.717) is 11.6 Å². The van der Waals surface area contributed by atoms with Gasteiger partial charge >= 0.3 is 0 Å². The standard InChI is InChI=1S/C17H23ClN2O2/c18-15-3-1-2-4-16(15)22-14-7-9-20(10-8-14)12-17(21)19-11-13-5-6-13/h1-4,13-14H,5-12H2,(H,19,21). The molecule has 0 bridgehead atoms. The SMILES string of the molecule is O=C(CN1CCC(Oc2ccccc2Cl)CC1)NCC1CC1. The Morgan fingerprint density at radius 3 is 2.64 bits per heavy atom. The number of piperidine rings is 1. The molecule has 1 heterocycles. The molecule has 22 heavy (non-hydrogen) atoms. The molecule has 2 aliphatic rings. The first kappa shape index (κ1) is 15.6. The molecule has 1 aliphatic carbocycles. The first-order valence-corrected chi connectivity index (χ1v) is 8.49. The van der Waals surface area contributed by atoms with E-state index >= 15 is 0 Å². The highest BCUT2D eigenvalue weighted by atomic mass is 35.5. The van der Waals surface area contributed by atoms with Gasteiger partial charge < -0.3 is 10.1 Å². The molecule has 1 saturated heterocycles. The van der Waals surface area contributed by atoms with Gasteiger partial charge in [-0.05, 0) is 43.7 Å². The van der Waals surface area contributed by atoms with Crippen LogP contribution in [-0.4, -0.2) is 43.1 Å². The van der Waals surface area contributed by atoms with Crippen molar-refractivity contribution >= 4 is 17.5 Å². The van der Waals surface area contributed by atoms with Crippen LogP contribution in [0.25, 0.3) is 0 Å². The quantitative estimate of drug-likeness (QED) is 0.875. The number of ether oxygens (including phenoxy) is 1. The Balaban J connectivity index is 1.38. The zero-order valence-corrected chi connectivity index (χ0v) is 13.5. The summed E-state index contributed by atoms with van der Waals surface area (Å²) in [5, 5.41) is 3.68. The monoisotopic (exact) mass is 322 g/mol. The molecule has 0 aromatic heterocycles. The van der Waals surface area contributed by atoms with Crippen LogP contribution < -0.4 is 10.1 Å². The summed E-state index contributed by atoms with van der Waals surface area (Å²) in [4.78, 5) is 14.1. The van der Waals surface area contributed by atoms with Crippen LogP contribution >= 0.6 is 11.6 Å². The number of carbonyl (C=O) groups excluding carboxylic acids is 1. The number of nitrogens with one attached hydrogen (secondary N) is 1. The molecule has 120 valence electrons. The van der Waals surface area contributed by atoms with Gasteiger partial charge in [0, 0.05) is 19.6 Å². The smallest absolute Gasteiger partial charge is 0.234 e. The summed E-state index contributed by atoms with van der Waals surface area (Å²) in [5.74, 6) is 1.64. The normalized spacial score (nSPS) is 19.9. The highest BCUT2D eigenvalue weighted by Gasteiger charge is 2.24. The maximum atomic E-state index is 11.9. The first-order valence-electron chi connectivity index (χ1n) is 8.11. The second-order valence-corrected chi connectivity index (χ2v) is 6.68. The third kappa shape index (κ3) is 4.62. The summed E-state index contributed by atoms with van der Waals surface area (Å²) in [5.41, 5.74) is 0. The average Bonchev–Trinajstić information content (AvgIpc) is 3.34. The van der Waals surface area contributed by atoms with Gasteiger partial charge in [0.15, 0.2) is 0 Å². The summed E-state index contributed by atoms with van der Waals surface area (Å²) in [6.45, 7) is 3.15. The maximum Gasteiger partial charge on any atom is 0.234 e. The van der Waals surface area contributed by atoms with Crippen molar-refractivity contribution in [2.75, 3.05) is 26.2 Å². The number of benzene rings is 1. The molecule has 5 heteroatoms. The molecule has 1 aromatic rings. The molecule has 3 rings (SSSR count). The Hall–Kier alpha value is -1.26. The molecule has 0 spiro atoms. The molecule has 0 radical (unpaired) electrons. The number of nitrogens with zero attached hydrogens (tertiary/aromatic N) is 1. The summed E-state index contributed by atoms with van der Waals surface area (Å²) in [6, 6.07) is 7.58. The van der Waals surface area contributed by atoms with Crippen LogP contribution in [-0.2, 0) is 4.79 Å². The van der Waals surface area contributed by atoms with Crippen LogP contribution in [0.4, 0.5) is 0 Å². The fourth-order valence-electron chi connectivity index (χ4n) is 2.74. The third-order valence-corrected chi connectivity index (χ3v) is 4.63. The van der Waals surface area contributed by atoms with E-state index in [1.54, 1.807) is 0 Å². The van der Waals surface area contributed by atoms with Gasteiger partial charge in [0.2, 0.25) is 5.91 Å². The number of carbonyl (C=O) groups is 1. The average molecular weight is 323 g/mol. The van der Waals surface area contributed by atoms with Gasteiger partial charge in [0.25, 0.3) is 0 Å². The Morgan fingerprint density at radius 2 is 1.95 bits per heavy atom. The molecular weight excluding hydrogens is 300 g/mol. The number of hydrogen-bond donors (Lipinski definition) is 1. The lowest BCUT2D eigenvalue weighted by Gasteiger charge is -2.31. The molecule has 1 aromatic carbocycles. The zero-order chi connectivity index (χ0) is 15.4. The molecule has 4 nitrogen and oxygen atoms in total. The number of amides is 1. The minimum atomic E-state index is 0.150. The van der Waals surface area contributed by atoms with Crippen molar-refractivity contribution in [1.82, 2.24) is 10.2 Å². The van der Waals surface area contributed by atoms with Gasteiger partial charge in [0.05, 0.1) is 11.6 Å². The molecule has 1 N–H and O–H groups in total. The fourth-order valence-corrected chi connectivity index (χ4v) is 2.92. The lowest BCUT2D eigenvalue weighted by molar-refractivity contribution is -0.122. The molecular formula is C17H23ClN2O2. The van der Waals surface area contributed by atoms with Crippen LogP contribution in [0.15, 0.2) is 24.3 Å². The highest BCUT2D eigenvalue weighted by molar-refractivity contribution is 6.32. The van der Waals surface area contributed by atoms with Gasteiger partial charge in [0.1, 0.15) is 11.9 Å². The number of halogens is 1. The van der Waals surface area contributed by atoms with E-state index in [4.69, 9.17) is 16.3 Å². The van der Waals surface area contributed by atoms with Crippen molar-refractivity contribution in [3.8, 4) is 5.75 Å². The Labute approximate surface area is 136 Å². The molecule has 2 fully saturated rings. The van der Waals surface area contributed by atoms with Crippen LogP contribution in [0.3, 0.4) is 0 Å².